The Kier molecular flexibility index (Phi) is 3.91. The normalized spacial score (nSPS) is 11.4. The molecule has 1 aromatic heterocycles. The van der Waals surface area contributed by atoms with E-state index in [0.29, 0.717) is 17.8 Å². The lowest BCUT2D eigenvalue weighted by atomic mass is 9.86. The van der Waals surface area contributed by atoms with Crippen molar-refractivity contribution in [3.63, 3.8) is 0 Å². The van der Waals surface area contributed by atoms with Gasteiger partial charge in [-0.25, -0.2) is 0 Å². The van der Waals surface area contributed by atoms with Crippen molar-refractivity contribution in [2.24, 2.45) is 0 Å². The number of hydrogen-bond donors (Lipinski definition) is 0. The minimum Gasteiger partial charge on any atom is -0.453 e. The number of aldehydes is 1. The number of carbonyl (C=O) groups is 1. The van der Waals surface area contributed by atoms with Gasteiger partial charge in [0.2, 0.25) is 0 Å². The Hall–Kier alpha value is -2.61. The monoisotopic (exact) mass is 304 g/mol. The summed E-state index contributed by atoms with van der Waals surface area (Å²) < 4.78 is 5.45. The molecule has 3 rings (SSSR count). The van der Waals surface area contributed by atoms with Crippen molar-refractivity contribution in [2.75, 3.05) is 0 Å². The quantitative estimate of drug-likeness (QED) is 0.579. The van der Waals surface area contributed by atoms with Gasteiger partial charge in [-0.3, -0.25) is 4.79 Å². The van der Waals surface area contributed by atoms with Crippen molar-refractivity contribution in [3.8, 4) is 22.5 Å². The van der Waals surface area contributed by atoms with Crippen LogP contribution in [0, 0.1) is 0 Å². The van der Waals surface area contributed by atoms with E-state index in [1.54, 1.807) is 6.07 Å². The van der Waals surface area contributed by atoms with Crippen LogP contribution in [0.5, 0.6) is 0 Å². The van der Waals surface area contributed by atoms with E-state index >= 15 is 0 Å². The summed E-state index contributed by atoms with van der Waals surface area (Å²) in [5.41, 5.74) is 4.81. The zero-order valence-electron chi connectivity index (χ0n) is 13.7. The summed E-state index contributed by atoms with van der Waals surface area (Å²) in [6.45, 7) is 6.65. The molecule has 0 saturated carbocycles. The zero-order valence-corrected chi connectivity index (χ0v) is 13.7. The molecule has 0 fully saturated rings. The number of benzene rings is 2. The fourth-order valence-corrected chi connectivity index (χ4v) is 2.56. The number of rotatable bonds is 3. The average molecular weight is 304 g/mol. The van der Waals surface area contributed by atoms with Crippen molar-refractivity contribution in [3.05, 3.63) is 72.0 Å². The molecule has 0 bridgehead atoms. The van der Waals surface area contributed by atoms with E-state index in [9.17, 15) is 4.79 Å². The molecule has 0 N–H and O–H groups in total. The maximum atomic E-state index is 10.7. The Balaban J connectivity index is 1.85. The van der Waals surface area contributed by atoms with Crippen LogP contribution < -0.4 is 0 Å². The summed E-state index contributed by atoms with van der Waals surface area (Å²) in [6, 6.07) is 20.4. The highest BCUT2D eigenvalue weighted by Gasteiger charge is 2.13. The lowest BCUT2D eigenvalue weighted by Gasteiger charge is -2.19. The maximum absolute atomic E-state index is 10.7. The summed E-state index contributed by atoms with van der Waals surface area (Å²) in [5.74, 6) is 1.06. The van der Waals surface area contributed by atoms with Gasteiger partial charge in [-0.1, -0.05) is 69.3 Å². The second-order valence-electron chi connectivity index (χ2n) is 6.72. The molecule has 0 radical (unpaired) electrons. The maximum Gasteiger partial charge on any atom is 0.185 e. The second kappa shape index (κ2) is 5.88. The first-order valence-corrected chi connectivity index (χ1v) is 7.74. The standard InChI is InChI=1S/C21H20O2/c1-21(2,3)18-10-8-16(9-11-18)15-4-6-17(7-5-15)20-13-12-19(14-22)23-20/h4-14H,1-3H3. The molecule has 0 unspecified atom stereocenters. The third-order valence-electron chi connectivity index (χ3n) is 4.00. The number of furan rings is 1. The molecule has 1 heterocycles. The fourth-order valence-electron chi connectivity index (χ4n) is 2.56. The fraction of sp³-hybridized carbons (Fsp3) is 0.190. The molecule has 23 heavy (non-hydrogen) atoms. The largest absolute Gasteiger partial charge is 0.453 e. The molecule has 2 aromatic carbocycles. The van der Waals surface area contributed by atoms with E-state index in [0.717, 1.165) is 11.1 Å². The third kappa shape index (κ3) is 3.26. The first-order chi connectivity index (χ1) is 11.0. The highest BCUT2D eigenvalue weighted by molar-refractivity contribution is 5.73. The number of carbonyl (C=O) groups excluding carboxylic acids is 1. The average Bonchev–Trinajstić information content (AvgIpc) is 3.03. The summed E-state index contributed by atoms with van der Waals surface area (Å²) >= 11 is 0. The second-order valence-corrected chi connectivity index (χ2v) is 6.72. The molecule has 0 amide bonds. The van der Waals surface area contributed by atoms with Gasteiger partial charge >= 0.3 is 0 Å². The Morgan fingerprint density at radius 2 is 1.26 bits per heavy atom. The van der Waals surface area contributed by atoms with Crippen molar-refractivity contribution in [1.29, 1.82) is 0 Å². The number of hydrogen-bond acceptors (Lipinski definition) is 2. The van der Waals surface area contributed by atoms with Gasteiger partial charge in [-0.05, 0) is 34.2 Å². The van der Waals surface area contributed by atoms with Crippen LogP contribution in [0.25, 0.3) is 22.5 Å². The summed E-state index contributed by atoms with van der Waals surface area (Å²) in [6.07, 6.45) is 0.717. The first kappa shape index (κ1) is 15.3. The molecule has 2 heteroatoms. The predicted octanol–water partition coefficient (Wildman–Crippen LogP) is 5.72. The molecule has 0 spiro atoms. The van der Waals surface area contributed by atoms with Gasteiger partial charge in [-0.15, -0.1) is 0 Å². The predicted molar refractivity (Wildman–Crippen MR) is 93.7 cm³/mol. The minimum absolute atomic E-state index is 0.165. The highest BCUT2D eigenvalue weighted by Crippen LogP contribution is 2.28. The van der Waals surface area contributed by atoms with E-state index in [1.807, 2.05) is 18.2 Å². The lowest BCUT2D eigenvalue weighted by Crippen LogP contribution is -2.10. The highest BCUT2D eigenvalue weighted by atomic mass is 16.3. The molecule has 3 aromatic rings. The molecular formula is C21H20O2. The Labute approximate surface area is 136 Å². The van der Waals surface area contributed by atoms with Crippen LogP contribution in [-0.2, 0) is 5.41 Å². The minimum atomic E-state index is 0.165. The van der Waals surface area contributed by atoms with Gasteiger partial charge in [-0.2, -0.15) is 0 Å². The van der Waals surface area contributed by atoms with Gasteiger partial charge in [0, 0.05) is 5.56 Å². The van der Waals surface area contributed by atoms with Crippen LogP contribution in [0.3, 0.4) is 0 Å². The van der Waals surface area contributed by atoms with Crippen molar-refractivity contribution in [1.82, 2.24) is 0 Å². The van der Waals surface area contributed by atoms with Crippen molar-refractivity contribution in [2.45, 2.75) is 26.2 Å². The molecule has 0 aliphatic heterocycles. The topological polar surface area (TPSA) is 30.2 Å². The first-order valence-electron chi connectivity index (χ1n) is 7.74. The smallest absolute Gasteiger partial charge is 0.185 e. The SMILES string of the molecule is CC(C)(C)c1ccc(-c2ccc(-c3ccc(C=O)o3)cc2)cc1. The van der Waals surface area contributed by atoms with Gasteiger partial charge in [0.15, 0.2) is 12.0 Å². The Bertz CT molecular complexity index is 800. The Morgan fingerprint density at radius 1 is 0.739 bits per heavy atom. The molecular weight excluding hydrogens is 284 g/mol. The van der Waals surface area contributed by atoms with Crippen molar-refractivity contribution >= 4 is 6.29 Å². The molecule has 0 aliphatic rings. The van der Waals surface area contributed by atoms with E-state index < -0.39 is 0 Å². The van der Waals surface area contributed by atoms with Gasteiger partial charge < -0.3 is 4.42 Å². The lowest BCUT2D eigenvalue weighted by molar-refractivity contribution is 0.110. The van der Waals surface area contributed by atoms with Crippen LogP contribution in [0.15, 0.2) is 65.1 Å². The molecule has 0 saturated heterocycles. The molecule has 2 nitrogen and oxygen atoms in total. The van der Waals surface area contributed by atoms with Crippen LogP contribution in [0.4, 0.5) is 0 Å². The van der Waals surface area contributed by atoms with Crippen LogP contribution >= 0.6 is 0 Å². The Morgan fingerprint density at radius 3 is 1.74 bits per heavy atom. The molecule has 0 aliphatic carbocycles. The van der Waals surface area contributed by atoms with Gasteiger partial charge in [0.1, 0.15) is 5.76 Å². The van der Waals surface area contributed by atoms with E-state index in [4.69, 9.17) is 4.42 Å². The van der Waals surface area contributed by atoms with Crippen LogP contribution in [0.1, 0.15) is 36.9 Å². The van der Waals surface area contributed by atoms with Crippen molar-refractivity contribution < 1.29 is 9.21 Å². The zero-order chi connectivity index (χ0) is 16.4. The molecule has 116 valence electrons. The molecule has 0 atom stereocenters. The van der Waals surface area contributed by atoms with Crippen LogP contribution in [-0.4, -0.2) is 6.29 Å². The van der Waals surface area contributed by atoms with E-state index in [2.05, 4.69) is 57.2 Å². The van der Waals surface area contributed by atoms with Crippen LogP contribution in [0.2, 0.25) is 0 Å². The summed E-state index contributed by atoms with van der Waals surface area (Å²) in [7, 11) is 0. The van der Waals surface area contributed by atoms with Gasteiger partial charge in [0.25, 0.3) is 0 Å². The third-order valence-corrected chi connectivity index (χ3v) is 4.00. The summed E-state index contributed by atoms with van der Waals surface area (Å²) in [5, 5.41) is 0. The van der Waals surface area contributed by atoms with Gasteiger partial charge in [0.05, 0.1) is 0 Å². The van der Waals surface area contributed by atoms with E-state index in [-0.39, 0.29) is 5.41 Å². The summed E-state index contributed by atoms with van der Waals surface area (Å²) in [4.78, 5) is 10.7. The van der Waals surface area contributed by atoms with E-state index in [1.165, 1.54) is 11.1 Å².